The van der Waals surface area contributed by atoms with Crippen LogP contribution in [0.15, 0.2) is 103 Å². The summed E-state index contributed by atoms with van der Waals surface area (Å²) in [5.74, 6) is 0. The maximum atomic E-state index is 7.13. The number of aromatic nitrogens is 1. The van der Waals surface area contributed by atoms with Gasteiger partial charge in [0.05, 0.1) is 0 Å². The third-order valence-corrected chi connectivity index (χ3v) is 5.38. The van der Waals surface area contributed by atoms with E-state index in [1.165, 1.54) is 39.0 Å². The van der Waals surface area contributed by atoms with E-state index in [0.717, 1.165) is 6.42 Å². The molecule has 3 heteroatoms. The van der Waals surface area contributed by atoms with Crippen molar-refractivity contribution < 1.29 is 4.57 Å². The molecule has 0 radical (unpaired) electrons. The van der Waals surface area contributed by atoms with Gasteiger partial charge in [-0.1, -0.05) is 79.1 Å². The highest BCUT2D eigenvalue weighted by Gasteiger charge is 2.26. The van der Waals surface area contributed by atoms with E-state index in [9.17, 15) is 0 Å². The lowest BCUT2D eigenvalue weighted by molar-refractivity contribution is -0.699. The van der Waals surface area contributed by atoms with Gasteiger partial charge in [0.2, 0.25) is 11.4 Å². The molecule has 1 heterocycles. The Hall–Kier alpha value is -3.48. The SMILES string of the molecule is CCC(C)[n+]1c(-c2ccccc2)cc(-c2ccccc2)cc1-c1ccccc1.N#C[S-]. The molecule has 0 N–H and O–H groups in total. The minimum atomic E-state index is 0.398. The Kier molecular flexibility index (Phi) is 7.92. The predicted octanol–water partition coefficient (Wildman–Crippen LogP) is 6.96. The number of nitrogens with zero attached hydrogens (tertiary/aromatic N) is 2. The van der Waals surface area contributed by atoms with Crippen molar-refractivity contribution in [3.63, 3.8) is 0 Å². The zero-order valence-electron chi connectivity index (χ0n) is 17.9. The molecule has 3 aromatic carbocycles. The smallest absolute Gasteiger partial charge is 0.213 e. The summed E-state index contributed by atoms with van der Waals surface area (Å²) in [5.41, 5.74) is 7.51. The third kappa shape index (κ3) is 5.36. The van der Waals surface area contributed by atoms with Crippen LogP contribution in [-0.2, 0) is 12.6 Å². The Balaban J connectivity index is 0.000000858. The molecule has 1 atom stereocenters. The Bertz CT molecular complexity index is 1070. The van der Waals surface area contributed by atoms with Crippen LogP contribution in [0.5, 0.6) is 0 Å². The monoisotopic (exact) mass is 422 g/mol. The van der Waals surface area contributed by atoms with Gasteiger partial charge in [0.15, 0.2) is 6.04 Å². The van der Waals surface area contributed by atoms with Crippen LogP contribution in [0.3, 0.4) is 0 Å². The number of hydrogen-bond donors (Lipinski definition) is 0. The lowest BCUT2D eigenvalue weighted by Crippen LogP contribution is -2.42. The summed E-state index contributed by atoms with van der Waals surface area (Å²) in [5, 5.41) is 8.47. The zero-order chi connectivity index (χ0) is 22.1. The van der Waals surface area contributed by atoms with Crippen molar-refractivity contribution in [3.8, 4) is 39.0 Å². The van der Waals surface area contributed by atoms with Crippen LogP contribution >= 0.6 is 0 Å². The van der Waals surface area contributed by atoms with Crippen molar-refractivity contribution in [3.05, 3.63) is 103 Å². The van der Waals surface area contributed by atoms with Gasteiger partial charge in [0, 0.05) is 29.7 Å². The van der Waals surface area contributed by atoms with E-state index in [4.69, 9.17) is 5.26 Å². The summed E-state index contributed by atoms with van der Waals surface area (Å²) in [4.78, 5) is 0. The van der Waals surface area contributed by atoms with E-state index in [0.29, 0.717) is 6.04 Å². The van der Waals surface area contributed by atoms with Gasteiger partial charge >= 0.3 is 0 Å². The minimum absolute atomic E-state index is 0.398. The number of nitriles is 1. The van der Waals surface area contributed by atoms with Gasteiger partial charge in [0.1, 0.15) is 0 Å². The van der Waals surface area contributed by atoms with E-state index >= 15 is 0 Å². The minimum Gasteiger partial charge on any atom is -0.696 e. The summed E-state index contributed by atoms with van der Waals surface area (Å²) >= 11 is 3.70. The molecule has 0 amide bonds. The zero-order valence-corrected chi connectivity index (χ0v) is 18.7. The summed E-state index contributed by atoms with van der Waals surface area (Å²) in [6, 6.07) is 37.2. The van der Waals surface area contributed by atoms with Crippen LogP contribution < -0.4 is 4.57 Å². The molecule has 1 aromatic heterocycles. The van der Waals surface area contributed by atoms with E-state index in [2.05, 4.69) is 134 Å². The maximum absolute atomic E-state index is 7.13. The van der Waals surface area contributed by atoms with E-state index in [-0.39, 0.29) is 0 Å². The quantitative estimate of drug-likeness (QED) is 0.197. The standard InChI is InChI=1S/C27H26N.CHNS/c1-3-21(2)28-26(23-15-9-5-10-16-23)19-25(22-13-7-4-8-14-22)20-27(28)24-17-11-6-12-18-24;2-1-3/h4-21H,3H2,1-2H3;3H/q+1;/p-1. The number of thiocyanates is 1. The Labute approximate surface area is 190 Å². The van der Waals surface area contributed by atoms with Crippen LogP contribution in [0, 0.1) is 10.7 Å². The normalized spacial score (nSPS) is 11.0. The van der Waals surface area contributed by atoms with Gasteiger partial charge in [0.25, 0.3) is 0 Å². The number of pyridine rings is 1. The van der Waals surface area contributed by atoms with Gasteiger partial charge < -0.3 is 12.6 Å². The van der Waals surface area contributed by atoms with Crippen LogP contribution in [0.1, 0.15) is 26.3 Å². The molecule has 0 saturated heterocycles. The molecule has 0 aliphatic carbocycles. The molecule has 1 unspecified atom stereocenters. The molecule has 0 spiro atoms. The fourth-order valence-electron chi connectivity index (χ4n) is 3.72. The molecular weight excluding hydrogens is 396 g/mol. The summed E-state index contributed by atoms with van der Waals surface area (Å²) in [6.07, 6.45) is 1.08. The molecule has 154 valence electrons. The fraction of sp³-hybridized carbons (Fsp3) is 0.143. The lowest BCUT2D eigenvalue weighted by atomic mass is 9.98. The molecule has 4 rings (SSSR count). The molecule has 0 aliphatic heterocycles. The molecule has 0 saturated carbocycles. The molecular formula is C28H26N2S. The van der Waals surface area contributed by atoms with Crippen molar-refractivity contribution in [2.75, 3.05) is 0 Å². The van der Waals surface area contributed by atoms with Crippen molar-refractivity contribution in [2.24, 2.45) is 0 Å². The van der Waals surface area contributed by atoms with E-state index in [1.54, 1.807) is 0 Å². The highest BCUT2D eigenvalue weighted by Crippen LogP contribution is 2.30. The van der Waals surface area contributed by atoms with Crippen molar-refractivity contribution in [2.45, 2.75) is 26.3 Å². The Morgan fingerprint density at radius 1 is 0.710 bits per heavy atom. The van der Waals surface area contributed by atoms with Crippen LogP contribution in [-0.4, -0.2) is 0 Å². The summed E-state index contributed by atoms with van der Waals surface area (Å²) in [6.45, 7) is 4.56. The molecule has 4 aromatic rings. The van der Waals surface area contributed by atoms with Crippen LogP contribution in [0.25, 0.3) is 33.6 Å². The Morgan fingerprint density at radius 3 is 1.42 bits per heavy atom. The average molecular weight is 423 g/mol. The summed E-state index contributed by atoms with van der Waals surface area (Å²) < 4.78 is 2.50. The fourth-order valence-corrected chi connectivity index (χ4v) is 3.72. The van der Waals surface area contributed by atoms with Gasteiger partial charge in [-0.2, -0.15) is 4.57 Å². The first-order chi connectivity index (χ1) is 15.2. The molecule has 0 fully saturated rings. The van der Waals surface area contributed by atoms with Crippen molar-refractivity contribution in [1.29, 1.82) is 5.26 Å². The Morgan fingerprint density at radius 2 is 1.06 bits per heavy atom. The van der Waals surface area contributed by atoms with E-state index in [1.807, 2.05) is 0 Å². The maximum Gasteiger partial charge on any atom is 0.213 e. The number of rotatable bonds is 5. The van der Waals surface area contributed by atoms with Gasteiger partial charge in [-0.3, -0.25) is 0 Å². The van der Waals surface area contributed by atoms with Crippen molar-refractivity contribution in [1.82, 2.24) is 0 Å². The van der Waals surface area contributed by atoms with Gasteiger partial charge in [-0.05, 0) is 42.3 Å². The van der Waals surface area contributed by atoms with Gasteiger partial charge in [-0.15, -0.1) is 0 Å². The third-order valence-electron chi connectivity index (χ3n) is 5.38. The highest BCUT2D eigenvalue weighted by atomic mass is 32.1. The second kappa shape index (κ2) is 11.1. The molecule has 2 nitrogen and oxygen atoms in total. The first-order valence-electron chi connectivity index (χ1n) is 10.5. The molecule has 31 heavy (non-hydrogen) atoms. The summed E-state index contributed by atoms with van der Waals surface area (Å²) in [7, 11) is 0. The predicted molar refractivity (Wildman–Crippen MR) is 131 cm³/mol. The highest BCUT2D eigenvalue weighted by molar-refractivity contribution is 7.64. The molecule has 0 aliphatic rings. The number of hydrogen-bond acceptors (Lipinski definition) is 2. The van der Waals surface area contributed by atoms with E-state index < -0.39 is 0 Å². The first kappa shape index (κ1) is 22.2. The first-order valence-corrected chi connectivity index (χ1v) is 10.9. The average Bonchev–Trinajstić information content (AvgIpc) is 2.85. The van der Waals surface area contributed by atoms with Crippen LogP contribution in [0.2, 0.25) is 0 Å². The molecule has 0 bridgehead atoms. The second-order valence-electron chi connectivity index (χ2n) is 7.33. The van der Waals surface area contributed by atoms with Crippen LogP contribution in [0.4, 0.5) is 0 Å². The largest absolute Gasteiger partial charge is 0.696 e. The second-order valence-corrected chi connectivity index (χ2v) is 7.51. The van der Waals surface area contributed by atoms with Crippen molar-refractivity contribution >= 4 is 12.6 Å². The topological polar surface area (TPSA) is 27.7 Å². The lowest BCUT2D eigenvalue weighted by Gasteiger charge is -2.16. The number of benzene rings is 3. The van der Waals surface area contributed by atoms with Gasteiger partial charge in [-0.25, -0.2) is 5.26 Å².